The summed E-state index contributed by atoms with van der Waals surface area (Å²) in [6.45, 7) is 0.849. The third-order valence-corrected chi connectivity index (χ3v) is 3.36. The van der Waals surface area contributed by atoms with Gasteiger partial charge in [-0.05, 0) is 12.8 Å². The number of rotatable bonds is 4. The molecule has 1 heterocycles. The number of hydrogen-bond donors (Lipinski definition) is 2. The van der Waals surface area contributed by atoms with Crippen LogP contribution >= 0.6 is 21.8 Å². The maximum absolute atomic E-state index is 10.0. The molecule has 70 valence electrons. The average molecular weight is 209 g/mol. The van der Waals surface area contributed by atoms with Crippen LogP contribution in [0, 0.1) is 0 Å². The Morgan fingerprint density at radius 1 is 1.75 bits per heavy atom. The van der Waals surface area contributed by atoms with E-state index in [4.69, 9.17) is 9.84 Å². The van der Waals surface area contributed by atoms with Gasteiger partial charge >= 0.3 is 6.09 Å². The van der Waals surface area contributed by atoms with E-state index in [2.05, 4.69) is 4.72 Å². The smallest absolute Gasteiger partial charge is 0.415 e. The van der Waals surface area contributed by atoms with Crippen LogP contribution in [-0.2, 0) is 4.74 Å². The molecule has 1 fully saturated rings. The first-order valence-electron chi connectivity index (χ1n) is 3.68. The molecule has 0 radical (unpaired) electrons. The summed E-state index contributed by atoms with van der Waals surface area (Å²) in [6.07, 6.45) is 1.54. The van der Waals surface area contributed by atoms with E-state index >= 15 is 0 Å². The van der Waals surface area contributed by atoms with Crippen molar-refractivity contribution in [3.63, 3.8) is 0 Å². The highest BCUT2D eigenvalue weighted by atomic mass is 33.1. The zero-order valence-corrected chi connectivity index (χ0v) is 8.12. The Hall–Kier alpha value is -0.0700. The monoisotopic (exact) mass is 209 g/mol. The fourth-order valence-electron chi connectivity index (χ4n) is 0.951. The molecule has 0 spiro atoms. The third-order valence-electron chi connectivity index (χ3n) is 1.47. The molecular formula is C6H11NO3S2. The van der Waals surface area contributed by atoms with E-state index in [9.17, 15) is 4.79 Å². The van der Waals surface area contributed by atoms with Crippen LogP contribution in [0.2, 0.25) is 0 Å². The Kier molecular flexibility index (Phi) is 4.63. The lowest BCUT2D eigenvalue weighted by Crippen LogP contribution is -2.12. The van der Waals surface area contributed by atoms with Gasteiger partial charge in [0.1, 0.15) is 0 Å². The molecule has 1 aliphatic rings. The van der Waals surface area contributed by atoms with Gasteiger partial charge in [-0.25, -0.2) is 4.79 Å². The van der Waals surface area contributed by atoms with Crippen molar-refractivity contribution in [2.75, 3.05) is 12.4 Å². The van der Waals surface area contributed by atoms with Gasteiger partial charge in [0.2, 0.25) is 0 Å². The van der Waals surface area contributed by atoms with Crippen LogP contribution < -0.4 is 4.72 Å². The van der Waals surface area contributed by atoms with Gasteiger partial charge in [-0.3, -0.25) is 4.72 Å². The van der Waals surface area contributed by atoms with Crippen molar-refractivity contribution in [3.05, 3.63) is 0 Å². The number of nitrogens with one attached hydrogen (secondary N) is 1. The first kappa shape index (κ1) is 10.0. The van der Waals surface area contributed by atoms with E-state index in [1.54, 1.807) is 0 Å². The summed E-state index contributed by atoms with van der Waals surface area (Å²) in [7, 11) is 2.61. The quantitative estimate of drug-likeness (QED) is 0.419. The van der Waals surface area contributed by atoms with Crippen LogP contribution in [-0.4, -0.2) is 29.7 Å². The van der Waals surface area contributed by atoms with Crippen LogP contribution in [0.5, 0.6) is 0 Å². The number of amides is 1. The second-order valence-corrected chi connectivity index (χ2v) is 4.56. The van der Waals surface area contributed by atoms with E-state index in [1.807, 2.05) is 0 Å². The predicted molar refractivity (Wildman–Crippen MR) is 50.2 cm³/mol. The van der Waals surface area contributed by atoms with Crippen molar-refractivity contribution in [2.45, 2.75) is 18.9 Å². The predicted octanol–water partition coefficient (Wildman–Crippen LogP) is 1.73. The van der Waals surface area contributed by atoms with E-state index in [0.717, 1.165) is 36.2 Å². The van der Waals surface area contributed by atoms with Crippen molar-refractivity contribution in [1.82, 2.24) is 4.72 Å². The Labute approximate surface area is 79.0 Å². The SMILES string of the molecule is O=C(O)NSSCC1CCCO1. The van der Waals surface area contributed by atoms with Crippen LogP contribution in [0.25, 0.3) is 0 Å². The van der Waals surface area contributed by atoms with E-state index in [-0.39, 0.29) is 0 Å². The molecular weight excluding hydrogens is 198 g/mol. The highest BCUT2D eigenvalue weighted by Gasteiger charge is 2.15. The molecule has 0 aromatic heterocycles. The maximum atomic E-state index is 10.0. The Balaban J connectivity index is 1.91. The Bertz CT molecular complexity index is 150. The largest absolute Gasteiger partial charge is 0.464 e. The number of carbonyl (C=O) groups is 1. The molecule has 2 N–H and O–H groups in total. The first-order chi connectivity index (χ1) is 5.79. The topological polar surface area (TPSA) is 58.6 Å². The molecule has 1 unspecified atom stereocenters. The number of hydrogen-bond acceptors (Lipinski definition) is 4. The van der Waals surface area contributed by atoms with Gasteiger partial charge in [0.15, 0.2) is 0 Å². The summed E-state index contributed by atoms with van der Waals surface area (Å²) in [4.78, 5) is 10.0. The highest BCUT2D eigenvalue weighted by molar-refractivity contribution is 8.76. The van der Waals surface area contributed by atoms with Gasteiger partial charge in [0.25, 0.3) is 0 Å². The highest BCUT2D eigenvalue weighted by Crippen LogP contribution is 2.23. The molecule has 6 heteroatoms. The van der Waals surface area contributed by atoms with Crippen LogP contribution in [0.3, 0.4) is 0 Å². The molecule has 0 bridgehead atoms. The third kappa shape index (κ3) is 4.08. The van der Waals surface area contributed by atoms with Gasteiger partial charge in [0.05, 0.1) is 6.10 Å². The summed E-state index contributed by atoms with van der Waals surface area (Å²) in [5.74, 6) is 0.852. The molecule has 0 aromatic carbocycles. The van der Waals surface area contributed by atoms with Crippen molar-refractivity contribution < 1.29 is 14.6 Å². The van der Waals surface area contributed by atoms with E-state index in [0.29, 0.717) is 6.10 Å². The second kappa shape index (κ2) is 5.55. The average Bonchev–Trinajstić information content (AvgIpc) is 2.49. The van der Waals surface area contributed by atoms with Gasteiger partial charge in [0, 0.05) is 23.3 Å². The van der Waals surface area contributed by atoms with Crippen LogP contribution in [0.4, 0.5) is 4.79 Å². The van der Waals surface area contributed by atoms with Crippen LogP contribution in [0.1, 0.15) is 12.8 Å². The van der Waals surface area contributed by atoms with E-state index < -0.39 is 6.09 Å². The van der Waals surface area contributed by atoms with Gasteiger partial charge in [-0.15, -0.1) is 0 Å². The first-order valence-corrected chi connectivity index (χ1v) is 6.00. The molecule has 1 saturated heterocycles. The van der Waals surface area contributed by atoms with Crippen molar-refractivity contribution in [2.24, 2.45) is 0 Å². The summed E-state index contributed by atoms with van der Waals surface area (Å²) >= 11 is 0. The lowest BCUT2D eigenvalue weighted by molar-refractivity contribution is 0.129. The minimum absolute atomic E-state index is 0.318. The molecule has 1 amide bonds. The fourth-order valence-corrected chi connectivity index (χ4v) is 2.61. The van der Waals surface area contributed by atoms with Crippen LogP contribution in [0.15, 0.2) is 0 Å². The molecule has 1 aliphatic heterocycles. The second-order valence-electron chi connectivity index (χ2n) is 2.41. The summed E-state index contributed by atoms with van der Waals surface area (Å²) in [6, 6.07) is 0. The number of carboxylic acid groups (broad SMARTS) is 1. The molecule has 12 heavy (non-hydrogen) atoms. The van der Waals surface area contributed by atoms with Gasteiger partial charge in [-0.2, -0.15) is 0 Å². The lowest BCUT2D eigenvalue weighted by Gasteiger charge is -2.06. The zero-order chi connectivity index (χ0) is 8.81. The molecule has 0 aromatic rings. The minimum Gasteiger partial charge on any atom is -0.464 e. The molecule has 4 nitrogen and oxygen atoms in total. The fraction of sp³-hybridized carbons (Fsp3) is 0.833. The standard InChI is InChI=1S/C6H11NO3S2/c8-6(9)7-12-11-4-5-2-1-3-10-5/h5,7H,1-4H2,(H,8,9). The number of ether oxygens (including phenoxy) is 1. The maximum Gasteiger partial charge on any atom is 0.415 e. The molecule has 1 atom stereocenters. The summed E-state index contributed by atoms with van der Waals surface area (Å²) in [5, 5.41) is 8.23. The molecule has 1 rings (SSSR count). The van der Waals surface area contributed by atoms with Crippen molar-refractivity contribution in [3.8, 4) is 0 Å². The zero-order valence-electron chi connectivity index (χ0n) is 6.49. The summed E-state index contributed by atoms with van der Waals surface area (Å²) in [5.41, 5.74) is 0. The normalized spacial score (nSPS) is 22.5. The summed E-state index contributed by atoms with van der Waals surface area (Å²) < 4.78 is 7.56. The van der Waals surface area contributed by atoms with Gasteiger partial charge in [-0.1, -0.05) is 10.8 Å². The minimum atomic E-state index is -1.00. The van der Waals surface area contributed by atoms with Crippen molar-refractivity contribution in [1.29, 1.82) is 0 Å². The van der Waals surface area contributed by atoms with Crippen molar-refractivity contribution >= 4 is 27.9 Å². The lowest BCUT2D eigenvalue weighted by atomic mass is 10.3. The van der Waals surface area contributed by atoms with E-state index in [1.165, 1.54) is 10.8 Å². The van der Waals surface area contributed by atoms with Gasteiger partial charge < -0.3 is 9.84 Å². The molecule has 0 saturated carbocycles. The molecule has 0 aliphatic carbocycles. The Morgan fingerprint density at radius 2 is 2.58 bits per heavy atom. The Morgan fingerprint density at radius 3 is 3.17 bits per heavy atom.